The molecule has 18 heavy (non-hydrogen) atoms. The van der Waals surface area contributed by atoms with E-state index in [2.05, 4.69) is 5.32 Å². The molecule has 0 spiro atoms. The summed E-state index contributed by atoms with van der Waals surface area (Å²) in [7, 11) is 1.70. The highest BCUT2D eigenvalue weighted by atomic mass is 35.5. The van der Waals surface area contributed by atoms with Crippen LogP contribution in [0.4, 0.5) is 5.69 Å². The van der Waals surface area contributed by atoms with Crippen molar-refractivity contribution in [3.05, 3.63) is 30.3 Å². The van der Waals surface area contributed by atoms with Crippen LogP contribution in [-0.2, 0) is 9.59 Å². The van der Waals surface area contributed by atoms with E-state index in [9.17, 15) is 9.59 Å². The molecule has 5 nitrogen and oxygen atoms in total. The lowest BCUT2D eigenvalue weighted by Gasteiger charge is -2.22. The van der Waals surface area contributed by atoms with E-state index in [1.807, 2.05) is 30.3 Å². The van der Waals surface area contributed by atoms with Gasteiger partial charge < -0.3 is 16.0 Å². The number of carbonyl (C=O) groups excluding carboxylic acids is 2. The zero-order valence-electron chi connectivity index (χ0n) is 10.3. The number of rotatable bonds is 6. The first-order valence-corrected chi connectivity index (χ1v) is 5.43. The Balaban J connectivity index is 0.00000289. The van der Waals surface area contributed by atoms with Crippen molar-refractivity contribution in [2.45, 2.75) is 6.42 Å². The molecule has 0 aliphatic heterocycles. The average Bonchev–Trinajstić information content (AvgIpc) is 2.30. The van der Waals surface area contributed by atoms with Crippen molar-refractivity contribution in [2.24, 2.45) is 5.73 Å². The van der Waals surface area contributed by atoms with Crippen LogP contribution in [0.5, 0.6) is 0 Å². The second-order valence-electron chi connectivity index (χ2n) is 3.63. The second-order valence-corrected chi connectivity index (χ2v) is 3.63. The first kappa shape index (κ1) is 16.4. The van der Waals surface area contributed by atoms with E-state index < -0.39 is 5.91 Å². The van der Waals surface area contributed by atoms with Crippen molar-refractivity contribution in [1.29, 1.82) is 0 Å². The quantitative estimate of drug-likeness (QED) is 0.793. The Morgan fingerprint density at radius 1 is 1.28 bits per heavy atom. The molecule has 0 atom stereocenters. The largest absolute Gasteiger partial charge is 0.370 e. The maximum absolute atomic E-state index is 11.9. The fourth-order valence-corrected chi connectivity index (χ4v) is 1.47. The summed E-state index contributed by atoms with van der Waals surface area (Å²) in [6.07, 6.45) is 0.157. The van der Waals surface area contributed by atoms with Gasteiger partial charge >= 0.3 is 0 Å². The predicted octanol–water partition coefficient (Wildman–Crippen LogP) is 0.536. The number of nitrogens with two attached hydrogens (primary N) is 1. The summed E-state index contributed by atoms with van der Waals surface area (Å²) in [6, 6.07) is 9.22. The summed E-state index contributed by atoms with van der Waals surface area (Å²) >= 11 is 0. The normalized spacial score (nSPS) is 9.39. The van der Waals surface area contributed by atoms with Crippen LogP contribution in [0.2, 0.25) is 0 Å². The fourth-order valence-electron chi connectivity index (χ4n) is 1.47. The van der Waals surface area contributed by atoms with Crippen LogP contribution in [0.3, 0.4) is 0 Å². The Morgan fingerprint density at radius 2 is 1.89 bits per heavy atom. The van der Waals surface area contributed by atoms with Crippen LogP contribution < -0.4 is 16.0 Å². The molecule has 0 aromatic heterocycles. The molecule has 1 rings (SSSR count). The van der Waals surface area contributed by atoms with Crippen LogP contribution in [0, 0.1) is 0 Å². The summed E-state index contributed by atoms with van der Waals surface area (Å²) in [5.41, 5.74) is 5.87. The molecule has 0 saturated carbocycles. The number of hydrogen-bond acceptors (Lipinski definition) is 3. The highest BCUT2D eigenvalue weighted by Crippen LogP contribution is 2.13. The molecule has 100 valence electrons. The lowest BCUT2D eigenvalue weighted by atomic mass is 10.2. The minimum Gasteiger partial charge on any atom is -0.370 e. The molecule has 0 saturated heterocycles. The number of nitrogens with zero attached hydrogens (tertiary/aromatic N) is 1. The fraction of sp³-hybridized carbons (Fsp3) is 0.333. The molecule has 0 unspecified atom stereocenters. The van der Waals surface area contributed by atoms with Gasteiger partial charge in [-0.2, -0.15) is 0 Å². The molecule has 2 amide bonds. The molecule has 0 radical (unpaired) electrons. The highest BCUT2D eigenvalue weighted by Gasteiger charge is 2.15. The van der Waals surface area contributed by atoms with Gasteiger partial charge in [0.05, 0.1) is 6.54 Å². The van der Waals surface area contributed by atoms with Crippen LogP contribution in [0.15, 0.2) is 30.3 Å². The summed E-state index contributed by atoms with van der Waals surface area (Å²) in [4.78, 5) is 24.2. The van der Waals surface area contributed by atoms with Gasteiger partial charge in [-0.15, -0.1) is 12.4 Å². The maximum atomic E-state index is 11.9. The van der Waals surface area contributed by atoms with Gasteiger partial charge in [0.25, 0.3) is 0 Å². The Labute approximate surface area is 113 Å². The molecule has 0 fully saturated rings. The monoisotopic (exact) mass is 271 g/mol. The van der Waals surface area contributed by atoms with E-state index in [0.29, 0.717) is 6.54 Å². The van der Waals surface area contributed by atoms with Gasteiger partial charge in [0, 0.05) is 18.7 Å². The van der Waals surface area contributed by atoms with Crippen LogP contribution >= 0.6 is 12.4 Å². The van der Waals surface area contributed by atoms with Gasteiger partial charge in [0.15, 0.2) is 0 Å². The molecule has 0 aliphatic carbocycles. The van der Waals surface area contributed by atoms with E-state index in [-0.39, 0.29) is 31.3 Å². The molecule has 0 aliphatic rings. The van der Waals surface area contributed by atoms with Crippen LogP contribution in [0.25, 0.3) is 0 Å². The van der Waals surface area contributed by atoms with E-state index in [0.717, 1.165) is 5.69 Å². The van der Waals surface area contributed by atoms with E-state index in [1.165, 1.54) is 0 Å². The third-order valence-electron chi connectivity index (χ3n) is 2.28. The predicted molar refractivity (Wildman–Crippen MR) is 73.8 cm³/mol. The number of nitrogens with one attached hydrogen (secondary N) is 1. The number of likely N-dealkylation sites (N-methyl/N-ethyl adjacent to an activating group) is 1. The third kappa shape index (κ3) is 5.16. The first-order chi connectivity index (χ1) is 8.15. The summed E-state index contributed by atoms with van der Waals surface area (Å²) in [6.45, 7) is 0.535. The van der Waals surface area contributed by atoms with Crippen molar-refractivity contribution in [3.63, 3.8) is 0 Å². The van der Waals surface area contributed by atoms with Crippen molar-refractivity contribution in [3.8, 4) is 0 Å². The lowest BCUT2D eigenvalue weighted by Crippen LogP contribution is -2.39. The minimum absolute atomic E-state index is 0. The van der Waals surface area contributed by atoms with E-state index in [4.69, 9.17) is 5.73 Å². The maximum Gasteiger partial charge on any atom is 0.240 e. The standard InChI is InChI=1S/C12H17N3O2.ClH/c1-14-9-12(17)15(8-7-11(13)16)10-5-3-2-4-6-10;/h2-6,14H,7-9H2,1H3,(H2,13,16);1H. The van der Waals surface area contributed by atoms with Gasteiger partial charge in [-0.05, 0) is 19.2 Å². The highest BCUT2D eigenvalue weighted by molar-refractivity contribution is 5.95. The van der Waals surface area contributed by atoms with Crippen LogP contribution in [-0.4, -0.2) is 32.0 Å². The SMILES string of the molecule is CNCC(=O)N(CCC(N)=O)c1ccccc1.Cl. The van der Waals surface area contributed by atoms with Gasteiger partial charge in [0.2, 0.25) is 11.8 Å². The number of carbonyl (C=O) groups is 2. The number of anilines is 1. The number of primary amides is 1. The van der Waals surface area contributed by atoms with Crippen molar-refractivity contribution in [2.75, 3.05) is 25.0 Å². The average molecular weight is 272 g/mol. The molecule has 0 heterocycles. The Kier molecular flexibility index (Phi) is 7.74. The number of para-hydroxylation sites is 1. The zero-order chi connectivity index (χ0) is 12.7. The lowest BCUT2D eigenvalue weighted by molar-refractivity contribution is -0.118. The summed E-state index contributed by atoms with van der Waals surface area (Å²) < 4.78 is 0. The van der Waals surface area contributed by atoms with Crippen molar-refractivity contribution >= 4 is 29.9 Å². The number of halogens is 1. The van der Waals surface area contributed by atoms with E-state index >= 15 is 0 Å². The van der Waals surface area contributed by atoms with E-state index in [1.54, 1.807) is 11.9 Å². The Hall–Kier alpha value is -1.59. The molecule has 6 heteroatoms. The van der Waals surface area contributed by atoms with Crippen molar-refractivity contribution < 1.29 is 9.59 Å². The third-order valence-corrected chi connectivity index (χ3v) is 2.28. The molecule has 1 aromatic carbocycles. The minimum atomic E-state index is -0.414. The Morgan fingerprint density at radius 3 is 2.39 bits per heavy atom. The van der Waals surface area contributed by atoms with Crippen molar-refractivity contribution in [1.82, 2.24) is 5.32 Å². The van der Waals surface area contributed by atoms with Gasteiger partial charge in [-0.1, -0.05) is 18.2 Å². The van der Waals surface area contributed by atoms with Gasteiger partial charge in [-0.3, -0.25) is 9.59 Å². The molecule has 3 N–H and O–H groups in total. The molecular formula is C12H18ClN3O2. The molecular weight excluding hydrogens is 254 g/mol. The summed E-state index contributed by atoms with van der Waals surface area (Å²) in [5, 5.41) is 2.80. The number of benzene rings is 1. The first-order valence-electron chi connectivity index (χ1n) is 5.43. The van der Waals surface area contributed by atoms with Crippen LogP contribution in [0.1, 0.15) is 6.42 Å². The number of amides is 2. The molecule has 1 aromatic rings. The topological polar surface area (TPSA) is 75.4 Å². The summed E-state index contributed by atoms with van der Waals surface area (Å²) in [5.74, 6) is -0.497. The number of hydrogen-bond donors (Lipinski definition) is 2. The smallest absolute Gasteiger partial charge is 0.240 e. The Bertz CT molecular complexity index is 384. The zero-order valence-corrected chi connectivity index (χ0v) is 11.1. The second kappa shape index (κ2) is 8.49. The van der Waals surface area contributed by atoms with Gasteiger partial charge in [0.1, 0.15) is 0 Å². The van der Waals surface area contributed by atoms with Gasteiger partial charge in [-0.25, -0.2) is 0 Å². The molecule has 0 bridgehead atoms.